The molecule has 0 aliphatic rings. The van der Waals surface area contributed by atoms with Crippen molar-refractivity contribution >= 4 is 22.7 Å². The summed E-state index contributed by atoms with van der Waals surface area (Å²) in [5.74, 6) is -0.946. The number of carbonyl (C=O) groups is 1. The van der Waals surface area contributed by atoms with Crippen molar-refractivity contribution in [3.05, 3.63) is 18.2 Å². The summed E-state index contributed by atoms with van der Waals surface area (Å²) in [5.41, 5.74) is 7.42. The van der Waals surface area contributed by atoms with E-state index in [1.54, 1.807) is 25.1 Å². The van der Waals surface area contributed by atoms with E-state index >= 15 is 0 Å². The molecule has 78 valence electrons. The third kappa shape index (κ3) is 1.50. The Morgan fingerprint density at radius 2 is 2.33 bits per heavy atom. The van der Waals surface area contributed by atoms with Crippen LogP contribution in [0, 0.1) is 0 Å². The van der Waals surface area contributed by atoms with Crippen molar-refractivity contribution in [2.24, 2.45) is 0 Å². The van der Waals surface area contributed by atoms with Gasteiger partial charge in [0.15, 0.2) is 0 Å². The molecule has 0 aliphatic heterocycles. The summed E-state index contributed by atoms with van der Waals surface area (Å²) in [4.78, 5) is 10.8. The fourth-order valence-electron chi connectivity index (χ4n) is 1.35. The fraction of sp³-hybridized carbons (Fsp3) is 0.222. The first kappa shape index (κ1) is 9.45. The lowest BCUT2D eigenvalue weighted by Crippen LogP contribution is -2.16. The van der Waals surface area contributed by atoms with Gasteiger partial charge in [-0.2, -0.15) is 0 Å². The molecule has 0 radical (unpaired) electrons. The second-order valence-corrected chi connectivity index (χ2v) is 3.30. The normalized spacial score (nSPS) is 12.9. The molecule has 0 saturated carbocycles. The number of fused-ring (bicyclic) bond motifs is 1. The molecular formula is C9H10N4O2. The fourth-order valence-corrected chi connectivity index (χ4v) is 1.35. The third-order valence-electron chi connectivity index (χ3n) is 2.22. The zero-order valence-electron chi connectivity index (χ0n) is 8.08. The Balaban J connectivity index is 2.59. The zero-order chi connectivity index (χ0) is 11.0. The van der Waals surface area contributed by atoms with E-state index < -0.39 is 12.0 Å². The molecule has 0 spiro atoms. The van der Waals surface area contributed by atoms with Crippen LogP contribution in [0.4, 0.5) is 5.69 Å². The molecule has 0 saturated heterocycles. The molecule has 15 heavy (non-hydrogen) atoms. The van der Waals surface area contributed by atoms with E-state index in [4.69, 9.17) is 10.8 Å². The highest BCUT2D eigenvalue weighted by atomic mass is 16.4. The van der Waals surface area contributed by atoms with E-state index in [1.165, 1.54) is 4.68 Å². The predicted octanol–water partition coefficient (Wildman–Crippen LogP) is 0.659. The molecule has 1 atom stereocenters. The number of aromatic nitrogens is 3. The number of anilines is 1. The third-order valence-corrected chi connectivity index (χ3v) is 2.22. The molecule has 3 N–H and O–H groups in total. The molecule has 1 heterocycles. The first-order chi connectivity index (χ1) is 7.09. The molecule has 0 bridgehead atoms. The lowest BCUT2D eigenvalue weighted by atomic mass is 10.2. The van der Waals surface area contributed by atoms with Crippen molar-refractivity contribution in [1.29, 1.82) is 0 Å². The summed E-state index contributed by atoms with van der Waals surface area (Å²) in [6.07, 6.45) is 0. The van der Waals surface area contributed by atoms with Crippen molar-refractivity contribution in [2.45, 2.75) is 13.0 Å². The van der Waals surface area contributed by atoms with Crippen LogP contribution >= 0.6 is 0 Å². The smallest absolute Gasteiger partial charge is 0.328 e. The number of nitrogen functional groups attached to an aromatic ring is 1. The van der Waals surface area contributed by atoms with Crippen LogP contribution in [0.15, 0.2) is 18.2 Å². The van der Waals surface area contributed by atoms with Crippen LogP contribution < -0.4 is 5.73 Å². The largest absolute Gasteiger partial charge is 0.480 e. The summed E-state index contributed by atoms with van der Waals surface area (Å²) in [6.45, 7) is 1.55. The average molecular weight is 206 g/mol. The van der Waals surface area contributed by atoms with Crippen LogP contribution in [0.2, 0.25) is 0 Å². The van der Waals surface area contributed by atoms with E-state index in [0.29, 0.717) is 16.7 Å². The van der Waals surface area contributed by atoms with Gasteiger partial charge in [-0.1, -0.05) is 5.21 Å². The van der Waals surface area contributed by atoms with E-state index in [2.05, 4.69) is 10.3 Å². The average Bonchev–Trinajstić information content (AvgIpc) is 2.59. The molecule has 0 unspecified atom stereocenters. The molecule has 0 aliphatic carbocycles. The Morgan fingerprint density at radius 1 is 1.60 bits per heavy atom. The molecule has 1 aromatic heterocycles. The number of hydrogen-bond acceptors (Lipinski definition) is 4. The molecule has 0 fully saturated rings. The van der Waals surface area contributed by atoms with Gasteiger partial charge in [0.1, 0.15) is 11.6 Å². The molecule has 1 aromatic carbocycles. The second kappa shape index (κ2) is 3.23. The Bertz CT molecular complexity index is 520. The van der Waals surface area contributed by atoms with Crippen LogP contribution in [-0.4, -0.2) is 26.1 Å². The van der Waals surface area contributed by atoms with Crippen molar-refractivity contribution < 1.29 is 9.90 Å². The van der Waals surface area contributed by atoms with Crippen LogP contribution in [-0.2, 0) is 4.79 Å². The Hall–Kier alpha value is -2.11. The molecule has 2 rings (SSSR count). The molecule has 6 heteroatoms. The van der Waals surface area contributed by atoms with Gasteiger partial charge >= 0.3 is 5.97 Å². The minimum atomic E-state index is -0.946. The molecule has 2 aromatic rings. The topological polar surface area (TPSA) is 94.0 Å². The van der Waals surface area contributed by atoms with Gasteiger partial charge in [-0.3, -0.25) is 0 Å². The van der Waals surface area contributed by atoms with Gasteiger partial charge in [0.25, 0.3) is 0 Å². The van der Waals surface area contributed by atoms with Gasteiger partial charge in [0.05, 0.1) is 5.52 Å². The molecule has 0 amide bonds. The Labute approximate surface area is 85.3 Å². The van der Waals surface area contributed by atoms with Crippen LogP contribution in [0.1, 0.15) is 13.0 Å². The van der Waals surface area contributed by atoms with Crippen molar-refractivity contribution in [3.8, 4) is 0 Å². The maximum absolute atomic E-state index is 10.8. The highest BCUT2D eigenvalue weighted by Gasteiger charge is 2.17. The summed E-state index contributed by atoms with van der Waals surface area (Å²) in [6, 6.07) is 4.33. The number of nitrogens with zero attached hydrogens (tertiary/aromatic N) is 3. The van der Waals surface area contributed by atoms with E-state index in [9.17, 15) is 4.79 Å². The van der Waals surface area contributed by atoms with E-state index in [-0.39, 0.29) is 0 Å². The minimum Gasteiger partial charge on any atom is -0.480 e. The number of nitrogens with two attached hydrogens (primary N) is 1. The van der Waals surface area contributed by atoms with Gasteiger partial charge in [-0.05, 0) is 25.1 Å². The lowest BCUT2D eigenvalue weighted by Gasteiger charge is -2.06. The molecule has 6 nitrogen and oxygen atoms in total. The quantitative estimate of drug-likeness (QED) is 0.704. The van der Waals surface area contributed by atoms with Gasteiger partial charge in [0.2, 0.25) is 0 Å². The first-order valence-electron chi connectivity index (χ1n) is 4.43. The Kier molecular flexibility index (Phi) is 2.03. The summed E-state index contributed by atoms with van der Waals surface area (Å²) >= 11 is 0. The first-order valence-corrected chi connectivity index (χ1v) is 4.43. The van der Waals surface area contributed by atoms with Crippen molar-refractivity contribution in [1.82, 2.24) is 15.0 Å². The number of carboxylic acids is 1. The predicted molar refractivity (Wildman–Crippen MR) is 54.3 cm³/mol. The SMILES string of the molecule is C[C@@H](C(=O)O)n1nnc2cc(N)ccc21. The number of carboxylic acid groups (broad SMARTS) is 1. The lowest BCUT2D eigenvalue weighted by molar-refractivity contribution is -0.140. The standard InChI is InChI=1S/C9H10N4O2/c1-5(9(14)15)13-8-3-2-6(10)4-7(8)11-12-13/h2-5H,10H2,1H3,(H,14,15)/t5-/m0/s1. The van der Waals surface area contributed by atoms with Crippen LogP contribution in [0.5, 0.6) is 0 Å². The summed E-state index contributed by atoms with van der Waals surface area (Å²) in [7, 11) is 0. The van der Waals surface area contributed by atoms with Gasteiger partial charge in [0, 0.05) is 5.69 Å². The van der Waals surface area contributed by atoms with E-state index in [0.717, 1.165) is 0 Å². The van der Waals surface area contributed by atoms with Crippen molar-refractivity contribution in [2.75, 3.05) is 5.73 Å². The second-order valence-electron chi connectivity index (χ2n) is 3.30. The summed E-state index contributed by atoms with van der Waals surface area (Å²) in [5, 5.41) is 16.5. The minimum absolute atomic E-state index is 0.581. The zero-order valence-corrected chi connectivity index (χ0v) is 8.08. The van der Waals surface area contributed by atoms with Gasteiger partial charge in [-0.25, -0.2) is 9.48 Å². The van der Waals surface area contributed by atoms with Gasteiger partial charge in [-0.15, -0.1) is 5.10 Å². The number of rotatable bonds is 2. The highest BCUT2D eigenvalue weighted by molar-refractivity contribution is 5.80. The monoisotopic (exact) mass is 206 g/mol. The maximum Gasteiger partial charge on any atom is 0.328 e. The molecular weight excluding hydrogens is 196 g/mol. The van der Waals surface area contributed by atoms with Gasteiger partial charge < -0.3 is 10.8 Å². The number of hydrogen-bond donors (Lipinski definition) is 2. The highest BCUT2D eigenvalue weighted by Crippen LogP contribution is 2.18. The number of benzene rings is 1. The summed E-state index contributed by atoms with van der Waals surface area (Å²) < 4.78 is 1.36. The van der Waals surface area contributed by atoms with Crippen molar-refractivity contribution in [3.63, 3.8) is 0 Å². The van der Waals surface area contributed by atoms with E-state index in [1.807, 2.05) is 0 Å². The van der Waals surface area contributed by atoms with Crippen LogP contribution in [0.25, 0.3) is 11.0 Å². The number of aliphatic carboxylic acids is 1. The van der Waals surface area contributed by atoms with Crippen LogP contribution in [0.3, 0.4) is 0 Å². The Morgan fingerprint density at radius 3 is 3.00 bits per heavy atom. The maximum atomic E-state index is 10.8.